The lowest BCUT2D eigenvalue weighted by molar-refractivity contribution is 0.0685. The quantitative estimate of drug-likeness (QED) is 0.174. The Balaban J connectivity index is 1.44. The molecule has 0 aliphatic carbocycles. The molecule has 0 atom stereocenters. The van der Waals surface area contributed by atoms with Crippen LogP contribution in [-0.2, 0) is 19.4 Å². The molecule has 0 amide bonds. The van der Waals surface area contributed by atoms with Crippen molar-refractivity contribution < 1.29 is 14.6 Å². The Labute approximate surface area is 245 Å². The molecule has 0 saturated carbocycles. The Bertz CT molecular complexity index is 1890. The van der Waals surface area contributed by atoms with Gasteiger partial charge in [-0.2, -0.15) is 0 Å². The van der Waals surface area contributed by atoms with Crippen LogP contribution in [0.4, 0.5) is 0 Å². The summed E-state index contributed by atoms with van der Waals surface area (Å²) in [5.74, 6) is -0.100. The van der Waals surface area contributed by atoms with Gasteiger partial charge in [-0.3, -0.25) is 9.97 Å². The summed E-state index contributed by atoms with van der Waals surface area (Å²) in [6, 6.07) is 26.3. The third-order valence-electron chi connectivity index (χ3n) is 7.87. The van der Waals surface area contributed by atoms with Crippen LogP contribution in [0, 0.1) is 6.92 Å². The fraction of sp³-hybridized carbons (Fsp3) is 0.194. The average Bonchev–Trinajstić information content (AvgIpc) is 3.33. The molecule has 6 rings (SSSR count). The summed E-state index contributed by atoms with van der Waals surface area (Å²) in [4.78, 5) is 21.9. The van der Waals surface area contributed by atoms with Crippen molar-refractivity contribution in [3.63, 3.8) is 0 Å². The highest BCUT2D eigenvalue weighted by atomic mass is 16.5. The average molecular weight is 556 g/mol. The van der Waals surface area contributed by atoms with Gasteiger partial charge in [-0.25, -0.2) is 4.79 Å². The van der Waals surface area contributed by atoms with E-state index in [-0.39, 0.29) is 0 Å². The van der Waals surface area contributed by atoms with Crippen molar-refractivity contribution in [2.24, 2.45) is 0 Å². The highest BCUT2D eigenvalue weighted by Gasteiger charge is 2.25. The largest absolute Gasteiger partial charge is 0.493 e. The lowest BCUT2D eigenvalue weighted by Crippen LogP contribution is -2.12. The van der Waals surface area contributed by atoms with Gasteiger partial charge < -0.3 is 14.4 Å². The van der Waals surface area contributed by atoms with Crippen molar-refractivity contribution in [3.05, 3.63) is 126 Å². The zero-order chi connectivity index (χ0) is 29.1. The highest BCUT2D eigenvalue weighted by Crippen LogP contribution is 2.38. The number of carboxylic acid groups (broad SMARTS) is 1. The van der Waals surface area contributed by atoms with Crippen molar-refractivity contribution in [1.82, 2.24) is 14.5 Å². The molecule has 0 unspecified atom stereocenters. The van der Waals surface area contributed by atoms with E-state index in [2.05, 4.69) is 48.1 Å². The van der Waals surface area contributed by atoms with Gasteiger partial charge in [-0.1, -0.05) is 67.6 Å². The minimum Gasteiger partial charge on any atom is -0.493 e. The fourth-order valence-electron chi connectivity index (χ4n) is 6.01. The van der Waals surface area contributed by atoms with Crippen LogP contribution in [0.15, 0.2) is 97.5 Å². The normalized spacial score (nSPS) is 11.3. The maximum absolute atomic E-state index is 13.0. The van der Waals surface area contributed by atoms with Gasteiger partial charge >= 0.3 is 5.97 Å². The van der Waals surface area contributed by atoms with Crippen LogP contribution in [0.2, 0.25) is 0 Å². The minimum absolute atomic E-state index is 0.311. The molecule has 3 aromatic carbocycles. The molecule has 0 spiro atoms. The van der Waals surface area contributed by atoms with Gasteiger partial charge in [0, 0.05) is 52.7 Å². The maximum Gasteiger partial charge on any atom is 0.352 e. The summed E-state index contributed by atoms with van der Waals surface area (Å²) in [7, 11) is 0. The molecule has 6 nitrogen and oxygen atoms in total. The van der Waals surface area contributed by atoms with Crippen molar-refractivity contribution in [1.29, 1.82) is 0 Å². The summed E-state index contributed by atoms with van der Waals surface area (Å²) in [5, 5.41) is 13.8. The molecule has 0 saturated heterocycles. The van der Waals surface area contributed by atoms with E-state index in [0.717, 1.165) is 67.4 Å². The van der Waals surface area contributed by atoms with E-state index in [1.54, 1.807) is 12.4 Å². The number of benzene rings is 3. The van der Waals surface area contributed by atoms with Crippen LogP contribution in [0.5, 0.6) is 5.75 Å². The number of pyridine rings is 2. The summed E-state index contributed by atoms with van der Waals surface area (Å²) in [6.07, 6.45) is 7.39. The van der Waals surface area contributed by atoms with Crippen molar-refractivity contribution >= 4 is 27.6 Å². The molecule has 42 heavy (non-hydrogen) atoms. The topological polar surface area (TPSA) is 77.2 Å². The second-order valence-corrected chi connectivity index (χ2v) is 10.5. The van der Waals surface area contributed by atoms with Crippen LogP contribution in [-0.4, -0.2) is 32.2 Å². The molecule has 3 heterocycles. The zero-order valence-electron chi connectivity index (χ0n) is 23.9. The Morgan fingerprint density at radius 3 is 2.55 bits per heavy atom. The van der Waals surface area contributed by atoms with E-state index in [1.165, 1.54) is 0 Å². The van der Waals surface area contributed by atoms with Gasteiger partial charge in [-0.15, -0.1) is 0 Å². The standard InChI is InChI=1S/C36H33N3O3/c1-3-31-33(24(2)18-20-38-31)30-15-7-14-28-29(16-9-21-42-32-17-6-12-26-11-4-5-13-27(26)32)35(36(40)41)39(34(28)30)23-25-10-8-19-37-22-25/h4-8,10-15,17-20,22H,3,9,16,21,23H2,1-2H3,(H,40,41). The molecule has 0 fully saturated rings. The first-order valence-electron chi connectivity index (χ1n) is 14.4. The van der Waals surface area contributed by atoms with E-state index >= 15 is 0 Å². The predicted molar refractivity (Wildman–Crippen MR) is 167 cm³/mol. The maximum atomic E-state index is 13.0. The molecule has 0 aliphatic rings. The smallest absolute Gasteiger partial charge is 0.352 e. The van der Waals surface area contributed by atoms with Crippen LogP contribution in [0.3, 0.4) is 0 Å². The van der Waals surface area contributed by atoms with Gasteiger partial charge in [0.25, 0.3) is 0 Å². The van der Waals surface area contributed by atoms with E-state index in [9.17, 15) is 9.90 Å². The lowest BCUT2D eigenvalue weighted by Gasteiger charge is -2.15. The monoisotopic (exact) mass is 555 g/mol. The van der Waals surface area contributed by atoms with Crippen LogP contribution in [0.25, 0.3) is 32.8 Å². The number of hydrogen-bond acceptors (Lipinski definition) is 4. The first kappa shape index (κ1) is 27.2. The van der Waals surface area contributed by atoms with Gasteiger partial charge in [0.05, 0.1) is 12.1 Å². The number of nitrogens with zero attached hydrogens (tertiary/aromatic N) is 3. The number of aromatic nitrogens is 3. The van der Waals surface area contributed by atoms with E-state index < -0.39 is 5.97 Å². The van der Waals surface area contributed by atoms with Crippen LogP contribution in [0.1, 0.15) is 46.2 Å². The number of aromatic carboxylic acids is 1. The molecule has 0 aliphatic heterocycles. The zero-order valence-corrected chi connectivity index (χ0v) is 23.9. The number of carboxylic acids is 1. The molecule has 210 valence electrons. The van der Waals surface area contributed by atoms with Gasteiger partial charge in [0.1, 0.15) is 11.4 Å². The van der Waals surface area contributed by atoms with Gasteiger partial charge in [0.2, 0.25) is 0 Å². The number of carbonyl (C=O) groups is 1. The molecule has 3 aromatic heterocycles. The second kappa shape index (κ2) is 11.9. The summed E-state index contributed by atoms with van der Waals surface area (Å²) in [6.45, 7) is 5.07. The fourth-order valence-corrected chi connectivity index (χ4v) is 6.01. The number of fused-ring (bicyclic) bond motifs is 2. The van der Waals surface area contributed by atoms with Gasteiger partial charge in [0.15, 0.2) is 0 Å². The third-order valence-corrected chi connectivity index (χ3v) is 7.87. The molecule has 6 aromatic rings. The highest BCUT2D eigenvalue weighted by molar-refractivity contribution is 6.04. The van der Waals surface area contributed by atoms with E-state index in [4.69, 9.17) is 4.74 Å². The Hall–Kier alpha value is -4.97. The number of rotatable bonds is 10. The van der Waals surface area contributed by atoms with Crippen molar-refractivity contribution in [2.45, 2.75) is 39.7 Å². The molecule has 0 radical (unpaired) electrons. The second-order valence-electron chi connectivity index (χ2n) is 10.5. The SMILES string of the molecule is CCc1nccc(C)c1-c1cccc2c(CCCOc3cccc4ccccc34)c(C(=O)O)n(Cc3cccnc3)c12. The summed E-state index contributed by atoms with van der Waals surface area (Å²) in [5.41, 5.74) is 7.17. The molecular weight excluding hydrogens is 522 g/mol. The first-order valence-corrected chi connectivity index (χ1v) is 14.4. The molecule has 0 bridgehead atoms. The molecule has 1 N–H and O–H groups in total. The Morgan fingerprint density at radius 2 is 1.74 bits per heavy atom. The minimum atomic E-state index is -0.940. The van der Waals surface area contributed by atoms with Crippen molar-refractivity contribution in [2.75, 3.05) is 6.61 Å². The van der Waals surface area contributed by atoms with E-state index in [0.29, 0.717) is 31.7 Å². The third kappa shape index (κ3) is 5.12. The first-order chi connectivity index (χ1) is 20.6. The van der Waals surface area contributed by atoms with Gasteiger partial charge in [-0.05, 0) is 66.5 Å². The number of ether oxygens (including phenoxy) is 1. The Morgan fingerprint density at radius 1 is 0.929 bits per heavy atom. The van der Waals surface area contributed by atoms with E-state index in [1.807, 2.05) is 65.4 Å². The van der Waals surface area contributed by atoms with Crippen LogP contribution >= 0.6 is 0 Å². The lowest BCUT2D eigenvalue weighted by atomic mass is 9.95. The number of hydrogen-bond donors (Lipinski definition) is 1. The predicted octanol–water partition coefficient (Wildman–Crippen LogP) is 7.88. The summed E-state index contributed by atoms with van der Waals surface area (Å²) < 4.78 is 8.18. The number of aryl methyl sites for hydroxylation is 3. The molecule has 6 heteroatoms. The van der Waals surface area contributed by atoms with Crippen molar-refractivity contribution in [3.8, 4) is 16.9 Å². The summed E-state index contributed by atoms with van der Waals surface area (Å²) >= 11 is 0. The number of para-hydroxylation sites is 1. The van der Waals surface area contributed by atoms with Crippen LogP contribution < -0.4 is 4.74 Å². The molecular formula is C36H33N3O3. The Kier molecular flexibility index (Phi) is 7.69.